The van der Waals surface area contributed by atoms with Gasteiger partial charge in [-0.05, 0) is 43.6 Å². The zero-order chi connectivity index (χ0) is 15.2. The first-order valence-electron chi connectivity index (χ1n) is 7.68. The van der Waals surface area contributed by atoms with Crippen molar-refractivity contribution in [1.82, 2.24) is 14.9 Å². The van der Waals surface area contributed by atoms with Crippen LogP contribution < -0.4 is 5.32 Å². The fraction of sp³-hybridized carbons (Fsp3) is 0.353. The molecule has 4 nitrogen and oxygen atoms in total. The lowest BCUT2D eigenvalue weighted by Crippen LogP contribution is -2.24. The van der Waals surface area contributed by atoms with E-state index in [4.69, 9.17) is 0 Å². The van der Waals surface area contributed by atoms with E-state index in [9.17, 15) is 4.79 Å². The standard InChI is InChI=1S/C17H19N3OS/c21-17(18-12-11-13-7-3-1-4-8-13)16-15(19-20-22-16)14-9-5-2-6-10-14/h2,5-7,9-10H,1,3-4,8,11-12H2,(H,18,21). The molecule has 0 saturated heterocycles. The lowest BCUT2D eigenvalue weighted by Gasteiger charge is -2.12. The number of nitrogens with one attached hydrogen (secondary N) is 1. The van der Waals surface area contributed by atoms with E-state index in [0.29, 0.717) is 17.1 Å². The predicted octanol–water partition coefficient (Wildman–Crippen LogP) is 3.83. The first-order valence-corrected chi connectivity index (χ1v) is 8.46. The third kappa shape index (κ3) is 3.60. The molecule has 1 aliphatic rings. The molecule has 0 aliphatic heterocycles. The highest BCUT2D eigenvalue weighted by atomic mass is 32.1. The molecule has 1 aromatic carbocycles. The smallest absolute Gasteiger partial charge is 0.265 e. The number of benzene rings is 1. The van der Waals surface area contributed by atoms with E-state index in [0.717, 1.165) is 23.5 Å². The first-order chi connectivity index (χ1) is 10.8. The van der Waals surface area contributed by atoms with E-state index in [2.05, 4.69) is 21.0 Å². The number of carbonyl (C=O) groups excluding carboxylic acids is 1. The van der Waals surface area contributed by atoms with Gasteiger partial charge in [0.05, 0.1) is 0 Å². The molecule has 1 heterocycles. The van der Waals surface area contributed by atoms with Crippen LogP contribution in [-0.4, -0.2) is 22.0 Å². The van der Waals surface area contributed by atoms with E-state index >= 15 is 0 Å². The van der Waals surface area contributed by atoms with E-state index in [1.807, 2.05) is 30.3 Å². The highest BCUT2D eigenvalue weighted by molar-refractivity contribution is 7.08. The van der Waals surface area contributed by atoms with Crippen LogP contribution >= 0.6 is 11.5 Å². The molecule has 0 atom stereocenters. The van der Waals surface area contributed by atoms with Crippen molar-refractivity contribution in [3.8, 4) is 11.3 Å². The summed E-state index contributed by atoms with van der Waals surface area (Å²) in [6.45, 7) is 0.677. The Bertz CT molecular complexity index is 664. The second-order valence-corrected chi connectivity index (χ2v) is 6.18. The first kappa shape index (κ1) is 14.9. The van der Waals surface area contributed by atoms with E-state index in [1.165, 1.54) is 31.3 Å². The van der Waals surface area contributed by atoms with Gasteiger partial charge < -0.3 is 5.32 Å². The lowest BCUT2D eigenvalue weighted by atomic mass is 9.97. The molecule has 0 saturated carbocycles. The van der Waals surface area contributed by atoms with Crippen molar-refractivity contribution >= 4 is 17.4 Å². The molecule has 3 rings (SSSR count). The topological polar surface area (TPSA) is 54.9 Å². The van der Waals surface area contributed by atoms with Crippen molar-refractivity contribution in [3.05, 3.63) is 46.9 Å². The summed E-state index contributed by atoms with van der Waals surface area (Å²) in [6, 6.07) is 9.71. The number of hydrogen-bond donors (Lipinski definition) is 1. The summed E-state index contributed by atoms with van der Waals surface area (Å²) >= 11 is 1.15. The van der Waals surface area contributed by atoms with Crippen LogP contribution in [0.5, 0.6) is 0 Å². The Kier molecular flexibility index (Phi) is 4.96. The molecule has 1 aliphatic carbocycles. The Hall–Kier alpha value is -2.01. The molecule has 0 fully saturated rings. The fourth-order valence-electron chi connectivity index (χ4n) is 2.67. The Morgan fingerprint density at radius 2 is 2.09 bits per heavy atom. The molecule has 0 spiro atoms. The van der Waals surface area contributed by atoms with Crippen molar-refractivity contribution in [3.63, 3.8) is 0 Å². The maximum Gasteiger partial charge on any atom is 0.265 e. The minimum atomic E-state index is -0.0785. The summed E-state index contributed by atoms with van der Waals surface area (Å²) in [5.74, 6) is -0.0785. The van der Waals surface area contributed by atoms with Crippen molar-refractivity contribution in [2.24, 2.45) is 0 Å². The number of rotatable bonds is 5. The van der Waals surface area contributed by atoms with Gasteiger partial charge in [-0.2, -0.15) is 0 Å². The average molecular weight is 313 g/mol. The van der Waals surface area contributed by atoms with Crippen molar-refractivity contribution in [2.75, 3.05) is 6.54 Å². The quantitative estimate of drug-likeness (QED) is 0.854. The number of amides is 1. The summed E-state index contributed by atoms with van der Waals surface area (Å²) in [5.41, 5.74) is 3.06. The molecular formula is C17H19N3OS. The molecule has 22 heavy (non-hydrogen) atoms. The summed E-state index contributed by atoms with van der Waals surface area (Å²) < 4.78 is 3.94. The molecule has 0 bridgehead atoms. The highest BCUT2D eigenvalue weighted by Crippen LogP contribution is 2.23. The minimum Gasteiger partial charge on any atom is -0.351 e. The minimum absolute atomic E-state index is 0.0785. The van der Waals surface area contributed by atoms with Gasteiger partial charge in [-0.3, -0.25) is 4.79 Å². The van der Waals surface area contributed by atoms with Gasteiger partial charge in [0.1, 0.15) is 10.6 Å². The summed E-state index contributed by atoms with van der Waals surface area (Å²) in [7, 11) is 0. The number of carbonyl (C=O) groups is 1. The van der Waals surface area contributed by atoms with Gasteiger partial charge in [0.15, 0.2) is 0 Å². The Balaban J connectivity index is 1.61. The molecule has 1 N–H and O–H groups in total. The van der Waals surface area contributed by atoms with Gasteiger partial charge >= 0.3 is 0 Å². The lowest BCUT2D eigenvalue weighted by molar-refractivity contribution is 0.0958. The third-order valence-corrected chi connectivity index (χ3v) is 4.58. The number of nitrogens with zero attached hydrogens (tertiary/aromatic N) is 2. The molecule has 2 aromatic rings. The van der Waals surface area contributed by atoms with Crippen LogP contribution in [0.25, 0.3) is 11.3 Å². The molecular weight excluding hydrogens is 294 g/mol. The zero-order valence-electron chi connectivity index (χ0n) is 12.4. The van der Waals surface area contributed by atoms with Crippen LogP contribution in [0.3, 0.4) is 0 Å². The zero-order valence-corrected chi connectivity index (χ0v) is 13.2. The summed E-state index contributed by atoms with van der Waals surface area (Å²) in [4.78, 5) is 12.9. The van der Waals surface area contributed by atoms with E-state index in [1.54, 1.807) is 0 Å². The summed E-state index contributed by atoms with van der Waals surface area (Å²) in [5, 5.41) is 7.09. The Labute approximate surface area is 134 Å². The van der Waals surface area contributed by atoms with Gasteiger partial charge in [-0.15, -0.1) is 5.10 Å². The SMILES string of the molecule is O=C(NCCC1=CCCCC1)c1snnc1-c1ccccc1. The largest absolute Gasteiger partial charge is 0.351 e. The summed E-state index contributed by atoms with van der Waals surface area (Å²) in [6.07, 6.45) is 8.19. The van der Waals surface area contributed by atoms with Gasteiger partial charge in [0.2, 0.25) is 0 Å². The normalized spacial score (nSPS) is 14.5. The molecule has 0 radical (unpaired) electrons. The van der Waals surface area contributed by atoms with Crippen LogP contribution in [0.4, 0.5) is 0 Å². The molecule has 114 valence electrons. The molecule has 1 aromatic heterocycles. The second-order valence-electron chi connectivity index (χ2n) is 5.43. The molecule has 5 heteroatoms. The van der Waals surface area contributed by atoms with Crippen LogP contribution in [0.2, 0.25) is 0 Å². The van der Waals surface area contributed by atoms with Crippen molar-refractivity contribution in [1.29, 1.82) is 0 Å². The fourth-order valence-corrected chi connectivity index (χ4v) is 3.28. The van der Waals surface area contributed by atoms with E-state index < -0.39 is 0 Å². The van der Waals surface area contributed by atoms with Gasteiger partial charge in [-0.1, -0.05) is 46.5 Å². The number of hydrogen-bond acceptors (Lipinski definition) is 4. The second kappa shape index (κ2) is 7.31. The number of allylic oxidation sites excluding steroid dienone is 1. The van der Waals surface area contributed by atoms with Gasteiger partial charge in [0.25, 0.3) is 5.91 Å². The van der Waals surface area contributed by atoms with Gasteiger partial charge in [-0.25, -0.2) is 0 Å². The van der Waals surface area contributed by atoms with Crippen LogP contribution in [-0.2, 0) is 0 Å². The van der Waals surface area contributed by atoms with Crippen LogP contribution in [0.15, 0.2) is 42.0 Å². The Morgan fingerprint density at radius 3 is 2.86 bits per heavy atom. The average Bonchev–Trinajstić information content (AvgIpc) is 3.06. The monoisotopic (exact) mass is 313 g/mol. The van der Waals surface area contributed by atoms with Gasteiger partial charge in [0, 0.05) is 12.1 Å². The molecule has 0 unspecified atom stereocenters. The van der Waals surface area contributed by atoms with Crippen LogP contribution in [0, 0.1) is 0 Å². The Morgan fingerprint density at radius 1 is 1.23 bits per heavy atom. The third-order valence-electron chi connectivity index (χ3n) is 3.86. The van der Waals surface area contributed by atoms with Crippen molar-refractivity contribution in [2.45, 2.75) is 32.1 Å². The maximum atomic E-state index is 12.3. The van der Waals surface area contributed by atoms with E-state index in [-0.39, 0.29) is 5.91 Å². The maximum absolute atomic E-state index is 12.3. The number of aromatic nitrogens is 2. The predicted molar refractivity (Wildman–Crippen MR) is 88.8 cm³/mol. The molecule has 1 amide bonds. The van der Waals surface area contributed by atoms with Crippen LogP contribution in [0.1, 0.15) is 41.8 Å². The van der Waals surface area contributed by atoms with Crippen molar-refractivity contribution < 1.29 is 4.79 Å². The highest BCUT2D eigenvalue weighted by Gasteiger charge is 2.17.